The fourth-order valence-electron chi connectivity index (χ4n) is 2.69. The lowest BCUT2D eigenvalue weighted by atomic mass is 10.1. The molecule has 3 heterocycles. The molecule has 0 bridgehead atoms. The maximum Gasteiger partial charge on any atom is 0.156 e. The van der Waals surface area contributed by atoms with Crippen LogP contribution in [-0.2, 0) is 4.79 Å². The number of hydrogen-bond acceptors (Lipinski definition) is 7. The third-order valence-electron chi connectivity index (χ3n) is 4.18. The number of pyridine rings is 1. The standard InChI is InChI=1S/C14H16N4OS.C5H12N2.C4H10/c1-3-4-9(8-19)20-14(16-2)11-7-18-13-10(12(11)15)5-6-17-13;6-5-1-3-7-4-2-5;1-4(2)3/h4-8H,3H2,1-2H3,(H3,15,17,18);5,7H,1-4,6H2;4H,1-3H3/b9-4-,16-14?;;. The summed E-state index contributed by atoms with van der Waals surface area (Å²) in [5, 5.41) is 4.78. The largest absolute Gasteiger partial charge is 0.398 e. The molecule has 0 saturated carbocycles. The van der Waals surface area contributed by atoms with Crippen LogP contribution in [-0.4, -0.2) is 47.5 Å². The summed E-state index contributed by atoms with van der Waals surface area (Å²) in [4.78, 5) is 23.2. The van der Waals surface area contributed by atoms with Gasteiger partial charge in [-0.1, -0.05) is 45.5 Å². The number of carbonyl (C=O) groups is 1. The molecule has 7 nitrogen and oxygen atoms in total. The van der Waals surface area contributed by atoms with Gasteiger partial charge in [0, 0.05) is 41.3 Å². The van der Waals surface area contributed by atoms with Gasteiger partial charge in [0.1, 0.15) is 10.7 Å². The molecule has 1 saturated heterocycles. The maximum atomic E-state index is 11.0. The lowest BCUT2D eigenvalue weighted by molar-refractivity contribution is -0.104. The SMILES string of the molecule is CC(C)C.CC/C=C(/C=O)SC(=NC)c1cnc2[nH]ccc2c1N.NC1CCNCC1. The molecule has 0 aliphatic carbocycles. The van der Waals surface area contributed by atoms with Crippen LogP contribution < -0.4 is 16.8 Å². The van der Waals surface area contributed by atoms with Crippen LogP contribution in [0.25, 0.3) is 11.0 Å². The van der Waals surface area contributed by atoms with Crippen LogP contribution >= 0.6 is 11.8 Å². The molecule has 31 heavy (non-hydrogen) atoms. The van der Waals surface area contributed by atoms with Crippen LogP contribution in [0, 0.1) is 5.92 Å². The van der Waals surface area contributed by atoms with Gasteiger partial charge in [0.2, 0.25) is 0 Å². The number of piperidine rings is 1. The number of nitrogens with zero attached hydrogens (tertiary/aromatic N) is 2. The molecule has 172 valence electrons. The van der Waals surface area contributed by atoms with E-state index in [2.05, 4.69) is 41.0 Å². The summed E-state index contributed by atoms with van der Waals surface area (Å²) < 4.78 is 0. The second-order valence-electron chi connectivity index (χ2n) is 7.91. The first-order chi connectivity index (χ1) is 14.8. The number of aliphatic imine (C=N–C) groups is 1. The lowest BCUT2D eigenvalue weighted by Gasteiger charge is -2.17. The Bertz CT molecular complexity index is 850. The van der Waals surface area contributed by atoms with E-state index in [0.717, 1.165) is 61.2 Å². The summed E-state index contributed by atoms with van der Waals surface area (Å²) in [6.45, 7) is 10.7. The molecule has 0 spiro atoms. The Hall–Kier alpha value is -2.16. The highest BCUT2D eigenvalue weighted by atomic mass is 32.2. The van der Waals surface area contributed by atoms with Gasteiger partial charge in [0.05, 0.1) is 5.69 Å². The molecule has 1 aliphatic heterocycles. The van der Waals surface area contributed by atoms with Crippen molar-refractivity contribution >= 4 is 39.8 Å². The first-order valence-electron chi connectivity index (χ1n) is 10.8. The van der Waals surface area contributed by atoms with Crippen molar-refractivity contribution in [2.24, 2.45) is 16.6 Å². The predicted octanol–water partition coefficient (Wildman–Crippen LogP) is 4.11. The Morgan fingerprint density at radius 1 is 1.35 bits per heavy atom. The van der Waals surface area contributed by atoms with Crippen LogP contribution in [0.1, 0.15) is 52.5 Å². The fraction of sp³-hybridized carbons (Fsp3) is 0.522. The van der Waals surface area contributed by atoms with E-state index < -0.39 is 0 Å². The topological polar surface area (TPSA) is 122 Å². The summed E-state index contributed by atoms with van der Waals surface area (Å²) in [5.74, 6) is 0.833. The Morgan fingerprint density at radius 3 is 2.48 bits per heavy atom. The number of rotatable bonds is 4. The van der Waals surface area contributed by atoms with E-state index in [9.17, 15) is 4.79 Å². The monoisotopic (exact) mass is 446 g/mol. The molecule has 1 fully saturated rings. The molecule has 3 rings (SSSR count). The molecule has 1 aliphatic rings. The minimum absolute atomic E-state index is 0.473. The Kier molecular flexibility index (Phi) is 12.8. The first-order valence-corrected chi connectivity index (χ1v) is 11.6. The van der Waals surface area contributed by atoms with Gasteiger partial charge >= 0.3 is 0 Å². The molecule has 0 radical (unpaired) electrons. The van der Waals surface area contributed by atoms with Crippen molar-refractivity contribution in [2.45, 2.75) is 53.0 Å². The number of nitrogens with two attached hydrogens (primary N) is 2. The van der Waals surface area contributed by atoms with Gasteiger partial charge < -0.3 is 21.8 Å². The van der Waals surface area contributed by atoms with Crippen LogP contribution in [0.4, 0.5) is 5.69 Å². The van der Waals surface area contributed by atoms with E-state index in [0.29, 0.717) is 21.7 Å². The first kappa shape index (κ1) is 26.9. The highest BCUT2D eigenvalue weighted by Gasteiger charge is 2.14. The molecule has 2 aromatic heterocycles. The lowest BCUT2D eigenvalue weighted by Crippen LogP contribution is -2.35. The van der Waals surface area contributed by atoms with E-state index >= 15 is 0 Å². The third-order valence-corrected chi connectivity index (χ3v) is 5.28. The molecular formula is C23H38N6OS. The number of hydrogen-bond donors (Lipinski definition) is 4. The molecule has 2 aromatic rings. The molecule has 0 aromatic carbocycles. The number of aromatic amines is 1. The van der Waals surface area contributed by atoms with Gasteiger partial charge in [0.25, 0.3) is 0 Å². The zero-order chi connectivity index (χ0) is 23.2. The van der Waals surface area contributed by atoms with Crippen LogP contribution in [0.15, 0.2) is 34.4 Å². The number of nitrogen functional groups attached to an aromatic ring is 1. The van der Waals surface area contributed by atoms with Gasteiger partial charge in [-0.2, -0.15) is 0 Å². The van der Waals surface area contributed by atoms with E-state index in [4.69, 9.17) is 11.5 Å². The molecule has 0 amide bonds. The van der Waals surface area contributed by atoms with E-state index in [1.165, 1.54) is 11.8 Å². The zero-order valence-electron chi connectivity index (χ0n) is 19.4. The normalized spacial score (nSPS) is 15.2. The summed E-state index contributed by atoms with van der Waals surface area (Å²) in [6, 6.07) is 2.35. The number of H-pyrrole nitrogens is 1. The van der Waals surface area contributed by atoms with Gasteiger partial charge in [0.15, 0.2) is 6.29 Å². The second kappa shape index (κ2) is 14.8. The quantitative estimate of drug-likeness (QED) is 0.243. The number of fused-ring (bicyclic) bond motifs is 1. The smallest absolute Gasteiger partial charge is 0.156 e. The van der Waals surface area contributed by atoms with Crippen LogP contribution in [0.5, 0.6) is 0 Å². The predicted molar refractivity (Wildman–Crippen MR) is 136 cm³/mol. The van der Waals surface area contributed by atoms with E-state index in [1.54, 1.807) is 19.4 Å². The van der Waals surface area contributed by atoms with Crippen LogP contribution in [0.3, 0.4) is 0 Å². The Balaban J connectivity index is 0.000000358. The molecule has 8 heteroatoms. The zero-order valence-corrected chi connectivity index (χ0v) is 20.3. The Labute approximate surface area is 190 Å². The van der Waals surface area contributed by atoms with Crippen molar-refractivity contribution in [3.63, 3.8) is 0 Å². The van der Waals surface area contributed by atoms with Crippen molar-refractivity contribution in [1.29, 1.82) is 0 Å². The molecule has 6 N–H and O–H groups in total. The fourth-order valence-corrected chi connectivity index (χ4v) is 3.58. The van der Waals surface area contributed by atoms with Gasteiger partial charge in [-0.3, -0.25) is 9.79 Å². The van der Waals surface area contributed by atoms with E-state index in [-0.39, 0.29) is 0 Å². The molecule has 0 unspecified atom stereocenters. The van der Waals surface area contributed by atoms with Crippen molar-refractivity contribution in [3.8, 4) is 0 Å². The second-order valence-corrected chi connectivity index (χ2v) is 8.97. The highest BCUT2D eigenvalue weighted by Crippen LogP contribution is 2.28. The molecular weight excluding hydrogens is 408 g/mol. The number of thioether (sulfide) groups is 1. The number of aldehydes is 1. The van der Waals surface area contributed by atoms with Crippen molar-refractivity contribution in [2.75, 3.05) is 25.9 Å². The van der Waals surface area contributed by atoms with Gasteiger partial charge in [-0.25, -0.2) is 4.98 Å². The van der Waals surface area contributed by atoms with E-state index in [1.807, 2.05) is 19.1 Å². The summed E-state index contributed by atoms with van der Waals surface area (Å²) in [6.07, 6.45) is 9.27. The Morgan fingerprint density at radius 2 is 2.00 bits per heavy atom. The van der Waals surface area contributed by atoms with Gasteiger partial charge in [-0.05, 0) is 44.3 Å². The summed E-state index contributed by atoms with van der Waals surface area (Å²) >= 11 is 1.31. The summed E-state index contributed by atoms with van der Waals surface area (Å²) in [7, 11) is 1.68. The number of allylic oxidation sites excluding steroid dienone is 2. The third kappa shape index (κ3) is 9.67. The summed E-state index contributed by atoms with van der Waals surface area (Å²) in [5.41, 5.74) is 13.9. The maximum absolute atomic E-state index is 11.0. The molecule has 0 atom stereocenters. The van der Waals surface area contributed by atoms with Crippen molar-refractivity contribution < 1.29 is 4.79 Å². The highest BCUT2D eigenvalue weighted by molar-refractivity contribution is 8.18. The number of aromatic nitrogens is 2. The minimum Gasteiger partial charge on any atom is -0.398 e. The van der Waals surface area contributed by atoms with Crippen molar-refractivity contribution in [3.05, 3.63) is 35.0 Å². The minimum atomic E-state index is 0.473. The number of nitrogens with one attached hydrogen (secondary N) is 2. The average molecular weight is 447 g/mol. The number of anilines is 1. The average Bonchev–Trinajstić information content (AvgIpc) is 3.22. The van der Waals surface area contributed by atoms with Gasteiger partial charge in [-0.15, -0.1) is 0 Å². The number of carbonyl (C=O) groups excluding carboxylic acids is 1. The van der Waals surface area contributed by atoms with Crippen molar-refractivity contribution in [1.82, 2.24) is 15.3 Å². The van der Waals surface area contributed by atoms with Crippen LogP contribution in [0.2, 0.25) is 0 Å².